The van der Waals surface area contributed by atoms with Gasteiger partial charge in [0.2, 0.25) is 0 Å². The number of nitrogens with one attached hydrogen (secondary N) is 1. The van der Waals surface area contributed by atoms with Crippen molar-refractivity contribution in [2.45, 2.75) is 6.42 Å². The smallest absolute Gasteiger partial charge is 0.317 e. The summed E-state index contributed by atoms with van der Waals surface area (Å²) in [5.41, 5.74) is 0. The summed E-state index contributed by atoms with van der Waals surface area (Å²) in [5, 5.41) is 11.2. The number of likely N-dealkylation sites (tertiary alicyclic amines) is 1. The zero-order chi connectivity index (χ0) is 10.6. The minimum atomic E-state index is -0.833. The maximum Gasteiger partial charge on any atom is 0.317 e. The molecule has 0 atom stereocenters. The number of carbonyl (C=O) groups excluding carboxylic acids is 1. The molecular formula is C9H14N2O3. The molecule has 0 aromatic rings. The van der Waals surface area contributed by atoms with E-state index < -0.39 is 5.97 Å². The van der Waals surface area contributed by atoms with Crippen molar-refractivity contribution in [3.8, 4) is 0 Å². The summed E-state index contributed by atoms with van der Waals surface area (Å²) in [5.74, 6) is -1.22. The van der Waals surface area contributed by atoms with Crippen molar-refractivity contribution in [2.24, 2.45) is 5.92 Å². The van der Waals surface area contributed by atoms with Crippen molar-refractivity contribution < 1.29 is 14.7 Å². The van der Waals surface area contributed by atoms with Gasteiger partial charge in [0.05, 0.1) is 5.92 Å². The summed E-state index contributed by atoms with van der Waals surface area (Å²) in [4.78, 5) is 23.2. The van der Waals surface area contributed by atoms with Crippen molar-refractivity contribution in [1.82, 2.24) is 10.2 Å². The van der Waals surface area contributed by atoms with E-state index >= 15 is 0 Å². The first-order valence-electron chi connectivity index (χ1n) is 4.51. The highest BCUT2D eigenvalue weighted by atomic mass is 16.4. The fraction of sp³-hybridized carbons (Fsp3) is 0.556. The molecule has 1 fully saturated rings. The third-order valence-electron chi connectivity index (χ3n) is 2.14. The van der Waals surface area contributed by atoms with Crippen LogP contribution in [0.25, 0.3) is 0 Å². The Labute approximate surface area is 82.4 Å². The maximum atomic E-state index is 11.3. The van der Waals surface area contributed by atoms with Gasteiger partial charge in [-0.25, -0.2) is 4.79 Å². The van der Waals surface area contributed by atoms with Crippen LogP contribution >= 0.6 is 0 Å². The fourth-order valence-corrected chi connectivity index (χ4v) is 1.19. The number of carboxylic acid groups (broad SMARTS) is 1. The monoisotopic (exact) mass is 198 g/mol. The maximum absolute atomic E-state index is 11.3. The van der Waals surface area contributed by atoms with Crippen molar-refractivity contribution in [2.75, 3.05) is 19.6 Å². The van der Waals surface area contributed by atoms with E-state index in [1.165, 1.54) is 4.90 Å². The lowest BCUT2D eigenvalue weighted by molar-refractivity contribution is -0.146. The van der Waals surface area contributed by atoms with Crippen LogP contribution in [0.5, 0.6) is 0 Å². The number of rotatable bonds is 4. The molecule has 0 saturated carbocycles. The van der Waals surface area contributed by atoms with Crippen molar-refractivity contribution in [3.63, 3.8) is 0 Å². The topological polar surface area (TPSA) is 69.6 Å². The highest BCUT2D eigenvalue weighted by molar-refractivity contribution is 5.79. The first-order valence-corrected chi connectivity index (χ1v) is 4.51. The summed E-state index contributed by atoms with van der Waals surface area (Å²) in [6.07, 6.45) is 2.44. The second kappa shape index (κ2) is 4.64. The van der Waals surface area contributed by atoms with Gasteiger partial charge in [0.15, 0.2) is 0 Å². The molecule has 1 saturated heterocycles. The number of aliphatic carboxylic acids is 1. The quantitative estimate of drug-likeness (QED) is 0.504. The van der Waals surface area contributed by atoms with Gasteiger partial charge in [0.25, 0.3) is 0 Å². The van der Waals surface area contributed by atoms with Gasteiger partial charge >= 0.3 is 12.0 Å². The Morgan fingerprint density at radius 2 is 2.21 bits per heavy atom. The first kappa shape index (κ1) is 10.6. The zero-order valence-corrected chi connectivity index (χ0v) is 7.90. The highest BCUT2D eigenvalue weighted by Gasteiger charge is 2.35. The summed E-state index contributed by atoms with van der Waals surface area (Å²) >= 11 is 0. The molecule has 0 bridgehead atoms. The summed E-state index contributed by atoms with van der Waals surface area (Å²) in [6, 6.07) is -0.190. The number of carboxylic acids is 1. The van der Waals surface area contributed by atoms with Crippen LogP contribution < -0.4 is 5.32 Å². The molecule has 1 rings (SSSR count). The molecule has 1 aliphatic heterocycles. The number of urea groups is 1. The largest absolute Gasteiger partial charge is 0.481 e. The van der Waals surface area contributed by atoms with Gasteiger partial charge in [0, 0.05) is 19.6 Å². The van der Waals surface area contributed by atoms with Gasteiger partial charge in [-0.3, -0.25) is 4.79 Å². The Morgan fingerprint density at radius 3 is 2.71 bits per heavy atom. The van der Waals surface area contributed by atoms with E-state index in [2.05, 4.69) is 11.9 Å². The standard InChI is InChI=1S/C9H14N2O3/c1-2-3-4-10-9(14)11-5-7(6-11)8(12)13/h2,7H,1,3-6H2,(H,10,14)(H,12,13). The van der Waals surface area contributed by atoms with E-state index in [0.717, 1.165) is 6.42 Å². The van der Waals surface area contributed by atoms with Crippen LogP contribution in [0, 0.1) is 5.92 Å². The van der Waals surface area contributed by atoms with Gasteiger partial charge in [-0.1, -0.05) is 6.08 Å². The van der Waals surface area contributed by atoms with E-state index in [0.29, 0.717) is 19.6 Å². The highest BCUT2D eigenvalue weighted by Crippen LogP contribution is 2.14. The Morgan fingerprint density at radius 1 is 1.57 bits per heavy atom. The summed E-state index contributed by atoms with van der Waals surface area (Å²) < 4.78 is 0. The molecule has 5 nitrogen and oxygen atoms in total. The van der Waals surface area contributed by atoms with Gasteiger partial charge in [0.1, 0.15) is 0 Å². The minimum absolute atomic E-state index is 0.190. The van der Waals surface area contributed by atoms with E-state index in [1.54, 1.807) is 6.08 Å². The Bertz CT molecular complexity index is 246. The molecular weight excluding hydrogens is 184 g/mol. The molecule has 0 aromatic carbocycles. The lowest BCUT2D eigenvalue weighted by atomic mass is 10.0. The molecule has 0 aliphatic carbocycles. The van der Waals surface area contributed by atoms with E-state index in [1.807, 2.05) is 0 Å². The van der Waals surface area contributed by atoms with E-state index in [-0.39, 0.29) is 11.9 Å². The number of carbonyl (C=O) groups is 2. The lowest BCUT2D eigenvalue weighted by Gasteiger charge is -2.36. The van der Waals surface area contributed by atoms with E-state index in [4.69, 9.17) is 5.11 Å². The third kappa shape index (κ3) is 2.48. The molecule has 1 aliphatic rings. The molecule has 1 heterocycles. The van der Waals surface area contributed by atoms with Crippen LogP contribution in [-0.2, 0) is 4.79 Å². The van der Waals surface area contributed by atoms with Crippen LogP contribution in [0.1, 0.15) is 6.42 Å². The van der Waals surface area contributed by atoms with Gasteiger partial charge in [-0.05, 0) is 6.42 Å². The Balaban J connectivity index is 2.16. The molecule has 78 valence electrons. The molecule has 2 amide bonds. The van der Waals surface area contributed by atoms with Crippen LogP contribution in [0.2, 0.25) is 0 Å². The number of hydrogen-bond acceptors (Lipinski definition) is 2. The molecule has 0 unspecified atom stereocenters. The zero-order valence-electron chi connectivity index (χ0n) is 7.90. The average molecular weight is 198 g/mol. The lowest BCUT2D eigenvalue weighted by Crippen LogP contribution is -2.56. The van der Waals surface area contributed by atoms with Gasteiger partial charge in [-0.15, -0.1) is 6.58 Å². The summed E-state index contributed by atoms with van der Waals surface area (Å²) in [7, 11) is 0. The van der Waals surface area contributed by atoms with Crippen molar-refractivity contribution in [1.29, 1.82) is 0 Å². The van der Waals surface area contributed by atoms with Crippen LogP contribution in [0.3, 0.4) is 0 Å². The predicted molar refractivity (Wildman–Crippen MR) is 50.9 cm³/mol. The SMILES string of the molecule is C=CCCNC(=O)N1CC(C(=O)O)C1. The minimum Gasteiger partial charge on any atom is -0.481 e. The second-order valence-electron chi connectivity index (χ2n) is 3.25. The normalized spacial score (nSPS) is 15.9. The first-order chi connectivity index (χ1) is 6.65. The van der Waals surface area contributed by atoms with Crippen molar-refractivity contribution in [3.05, 3.63) is 12.7 Å². The van der Waals surface area contributed by atoms with Crippen LogP contribution in [-0.4, -0.2) is 41.6 Å². The van der Waals surface area contributed by atoms with E-state index in [9.17, 15) is 9.59 Å². The average Bonchev–Trinajstić information content (AvgIpc) is 2.01. The van der Waals surface area contributed by atoms with Crippen LogP contribution in [0.15, 0.2) is 12.7 Å². The van der Waals surface area contributed by atoms with Crippen molar-refractivity contribution >= 4 is 12.0 Å². The van der Waals surface area contributed by atoms with Crippen LogP contribution in [0.4, 0.5) is 4.79 Å². The molecule has 0 aromatic heterocycles. The number of amides is 2. The summed E-state index contributed by atoms with van der Waals surface area (Å²) in [6.45, 7) is 4.71. The number of nitrogens with zero attached hydrogens (tertiary/aromatic N) is 1. The van der Waals surface area contributed by atoms with Gasteiger partial charge < -0.3 is 15.3 Å². The fourth-order valence-electron chi connectivity index (χ4n) is 1.19. The third-order valence-corrected chi connectivity index (χ3v) is 2.14. The second-order valence-corrected chi connectivity index (χ2v) is 3.25. The van der Waals surface area contributed by atoms with Gasteiger partial charge in [-0.2, -0.15) is 0 Å². The Hall–Kier alpha value is -1.52. The predicted octanol–water partition coefficient (Wildman–Crippen LogP) is 0.288. The molecule has 2 N–H and O–H groups in total. The Kier molecular flexibility index (Phi) is 3.50. The molecule has 14 heavy (non-hydrogen) atoms. The molecule has 0 spiro atoms. The molecule has 5 heteroatoms. The molecule has 0 radical (unpaired) electrons. The number of hydrogen-bond donors (Lipinski definition) is 2.